The summed E-state index contributed by atoms with van der Waals surface area (Å²) in [5.74, 6) is -0.416. The number of nitrogens with two attached hydrogens (primary N) is 1. The molecular weight excluding hydrogens is 274 g/mol. The zero-order valence-corrected chi connectivity index (χ0v) is 10.6. The molecule has 1 atom stereocenters. The highest BCUT2D eigenvalue weighted by Gasteiger charge is 2.38. The molecule has 19 heavy (non-hydrogen) atoms. The summed E-state index contributed by atoms with van der Waals surface area (Å²) in [6.07, 6.45) is 0.420. The summed E-state index contributed by atoms with van der Waals surface area (Å²) in [5.41, 5.74) is 4.95. The van der Waals surface area contributed by atoms with Gasteiger partial charge in [0.05, 0.1) is 22.2 Å². The number of carbonyl (C=O) groups excluding carboxylic acids is 1. The third-order valence-electron chi connectivity index (χ3n) is 2.92. The van der Waals surface area contributed by atoms with Crippen LogP contribution in [0.2, 0.25) is 5.02 Å². The maximum absolute atomic E-state index is 12.0. The number of carbonyl (C=O) groups is 1. The van der Waals surface area contributed by atoms with E-state index in [0.29, 0.717) is 13.0 Å². The van der Waals surface area contributed by atoms with Crippen LogP contribution in [0.4, 0.5) is 11.4 Å². The number of ether oxygens (including phenoxy) is 1. The minimum atomic E-state index is -1.08. The highest BCUT2D eigenvalue weighted by molar-refractivity contribution is 6.34. The third-order valence-corrected chi connectivity index (χ3v) is 3.23. The average Bonchev–Trinajstić information content (AvgIpc) is 2.80. The van der Waals surface area contributed by atoms with Crippen LogP contribution in [0.15, 0.2) is 18.2 Å². The van der Waals surface area contributed by atoms with Crippen LogP contribution in [0.3, 0.4) is 0 Å². The summed E-state index contributed by atoms with van der Waals surface area (Å²) in [5, 5.41) is 13.2. The van der Waals surface area contributed by atoms with Crippen molar-refractivity contribution in [3.63, 3.8) is 0 Å². The zero-order valence-electron chi connectivity index (χ0n) is 9.89. The molecule has 1 aromatic carbocycles. The van der Waals surface area contributed by atoms with Crippen molar-refractivity contribution in [1.29, 1.82) is 0 Å². The summed E-state index contributed by atoms with van der Waals surface area (Å²) >= 11 is 5.88. The lowest BCUT2D eigenvalue weighted by Crippen LogP contribution is -2.51. The smallest absolute Gasteiger partial charge is 0.271 e. The van der Waals surface area contributed by atoms with Gasteiger partial charge in [-0.3, -0.25) is 14.9 Å². The van der Waals surface area contributed by atoms with Crippen LogP contribution in [0.5, 0.6) is 0 Å². The van der Waals surface area contributed by atoms with E-state index in [2.05, 4.69) is 5.32 Å². The van der Waals surface area contributed by atoms with Crippen molar-refractivity contribution in [2.75, 3.05) is 18.5 Å². The zero-order chi connectivity index (χ0) is 14.0. The van der Waals surface area contributed by atoms with Crippen LogP contribution in [-0.4, -0.2) is 29.6 Å². The molecule has 3 N–H and O–H groups in total. The van der Waals surface area contributed by atoms with Crippen molar-refractivity contribution in [3.8, 4) is 0 Å². The van der Waals surface area contributed by atoms with E-state index in [1.807, 2.05) is 0 Å². The Hall–Kier alpha value is -1.70. The number of non-ortho nitro benzene ring substituents is 1. The minimum absolute atomic E-state index is 0.0880. The number of nitro benzene ring substituents is 1. The maximum atomic E-state index is 12.0. The van der Waals surface area contributed by atoms with Gasteiger partial charge >= 0.3 is 0 Å². The first kappa shape index (κ1) is 13.7. The molecule has 102 valence electrons. The molecule has 1 saturated heterocycles. The summed E-state index contributed by atoms with van der Waals surface area (Å²) in [7, 11) is 0. The van der Waals surface area contributed by atoms with Crippen LogP contribution < -0.4 is 11.1 Å². The van der Waals surface area contributed by atoms with Gasteiger partial charge in [-0.2, -0.15) is 0 Å². The van der Waals surface area contributed by atoms with Crippen LogP contribution in [0.25, 0.3) is 0 Å². The number of benzene rings is 1. The maximum Gasteiger partial charge on any atom is 0.271 e. The van der Waals surface area contributed by atoms with Crippen LogP contribution in [0, 0.1) is 10.1 Å². The molecule has 0 aliphatic carbocycles. The minimum Gasteiger partial charge on any atom is -0.379 e. The third kappa shape index (κ3) is 2.83. The Bertz CT molecular complexity index is 529. The van der Waals surface area contributed by atoms with Gasteiger partial charge in [-0.1, -0.05) is 11.6 Å². The van der Waals surface area contributed by atoms with Crippen LogP contribution in [0.1, 0.15) is 6.42 Å². The summed E-state index contributed by atoms with van der Waals surface area (Å²) in [6.45, 7) is 0.571. The fraction of sp³-hybridized carbons (Fsp3) is 0.364. The molecule has 0 radical (unpaired) electrons. The molecule has 0 aromatic heterocycles. The molecule has 7 nitrogen and oxygen atoms in total. The van der Waals surface area contributed by atoms with Gasteiger partial charge in [0.2, 0.25) is 5.91 Å². The van der Waals surface area contributed by atoms with Crippen molar-refractivity contribution in [2.45, 2.75) is 12.0 Å². The predicted molar refractivity (Wildman–Crippen MR) is 69.1 cm³/mol. The van der Waals surface area contributed by atoms with E-state index in [4.69, 9.17) is 22.1 Å². The van der Waals surface area contributed by atoms with Gasteiger partial charge < -0.3 is 15.8 Å². The predicted octanol–water partition coefficient (Wildman–Crippen LogP) is 1.30. The van der Waals surface area contributed by atoms with E-state index in [0.717, 1.165) is 0 Å². The van der Waals surface area contributed by atoms with E-state index < -0.39 is 16.4 Å². The second-order valence-electron chi connectivity index (χ2n) is 4.33. The lowest BCUT2D eigenvalue weighted by molar-refractivity contribution is -0.384. The Balaban J connectivity index is 2.15. The molecule has 2 rings (SSSR count). The first-order chi connectivity index (χ1) is 8.92. The van der Waals surface area contributed by atoms with Gasteiger partial charge in [0.1, 0.15) is 5.54 Å². The molecule has 1 fully saturated rings. The van der Waals surface area contributed by atoms with E-state index in [9.17, 15) is 14.9 Å². The van der Waals surface area contributed by atoms with E-state index in [1.54, 1.807) is 0 Å². The lowest BCUT2D eigenvalue weighted by atomic mass is 9.99. The summed E-state index contributed by atoms with van der Waals surface area (Å²) < 4.78 is 5.09. The first-order valence-corrected chi connectivity index (χ1v) is 5.92. The monoisotopic (exact) mass is 285 g/mol. The van der Waals surface area contributed by atoms with E-state index in [-0.39, 0.29) is 23.0 Å². The van der Waals surface area contributed by atoms with Gasteiger partial charge in [0, 0.05) is 18.7 Å². The molecule has 1 aromatic rings. The Morgan fingerprint density at radius 1 is 1.58 bits per heavy atom. The molecule has 0 bridgehead atoms. The fourth-order valence-corrected chi connectivity index (χ4v) is 1.95. The number of nitrogens with one attached hydrogen (secondary N) is 1. The Morgan fingerprint density at radius 2 is 2.32 bits per heavy atom. The van der Waals surface area contributed by atoms with Crippen molar-refractivity contribution in [2.24, 2.45) is 5.73 Å². The molecule has 1 unspecified atom stereocenters. The van der Waals surface area contributed by atoms with Gasteiger partial charge in [0.25, 0.3) is 5.69 Å². The van der Waals surface area contributed by atoms with E-state index in [1.165, 1.54) is 18.2 Å². The van der Waals surface area contributed by atoms with Crippen LogP contribution in [-0.2, 0) is 9.53 Å². The number of hydrogen-bond donors (Lipinski definition) is 2. The van der Waals surface area contributed by atoms with Crippen LogP contribution >= 0.6 is 11.6 Å². The van der Waals surface area contributed by atoms with E-state index >= 15 is 0 Å². The number of rotatable bonds is 3. The highest BCUT2D eigenvalue weighted by atomic mass is 35.5. The first-order valence-electron chi connectivity index (χ1n) is 5.54. The Labute approximate surface area is 113 Å². The van der Waals surface area contributed by atoms with Gasteiger partial charge in [0.15, 0.2) is 0 Å². The molecule has 1 aliphatic heterocycles. The number of nitro groups is 1. The molecular formula is C11H12ClN3O4. The van der Waals surface area contributed by atoms with Gasteiger partial charge in [-0.15, -0.1) is 0 Å². The second-order valence-corrected chi connectivity index (χ2v) is 4.74. The standard InChI is InChI=1S/C11H12ClN3O4/c12-8-5-7(15(17)18)1-2-9(8)14-10(16)11(13)3-4-19-6-11/h1-2,5H,3-4,6,13H2,(H,14,16). The summed E-state index contributed by atoms with van der Waals surface area (Å²) in [6, 6.07) is 3.80. The highest BCUT2D eigenvalue weighted by Crippen LogP contribution is 2.28. The van der Waals surface area contributed by atoms with Gasteiger partial charge in [-0.25, -0.2) is 0 Å². The molecule has 1 amide bonds. The largest absolute Gasteiger partial charge is 0.379 e. The fourth-order valence-electron chi connectivity index (χ4n) is 1.73. The normalized spacial score (nSPS) is 22.2. The molecule has 8 heteroatoms. The van der Waals surface area contributed by atoms with Crippen molar-refractivity contribution in [1.82, 2.24) is 0 Å². The number of anilines is 1. The van der Waals surface area contributed by atoms with Crippen molar-refractivity contribution in [3.05, 3.63) is 33.3 Å². The molecule has 1 heterocycles. The average molecular weight is 286 g/mol. The Morgan fingerprint density at radius 3 is 2.84 bits per heavy atom. The Kier molecular flexibility index (Phi) is 3.70. The molecule has 0 saturated carbocycles. The quantitative estimate of drug-likeness (QED) is 0.643. The van der Waals surface area contributed by atoms with Crippen molar-refractivity contribution >= 4 is 28.9 Å². The molecule has 1 aliphatic rings. The number of hydrogen-bond acceptors (Lipinski definition) is 5. The lowest BCUT2D eigenvalue weighted by Gasteiger charge is -2.20. The number of nitrogens with zero attached hydrogens (tertiary/aromatic N) is 1. The SMILES string of the molecule is NC1(C(=O)Nc2ccc([N+](=O)[O-])cc2Cl)CCOC1. The van der Waals surface area contributed by atoms with Crippen molar-refractivity contribution < 1.29 is 14.5 Å². The second kappa shape index (κ2) is 5.12. The molecule has 0 spiro atoms. The topological polar surface area (TPSA) is 107 Å². The van der Waals surface area contributed by atoms with Gasteiger partial charge in [-0.05, 0) is 12.5 Å². The summed E-state index contributed by atoms with van der Waals surface area (Å²) in [4.78, 5) is 22.0. The number of halogens is 1. The number of amides is 1.